The van der Waals surface area contributed by atoms with Gasteiger partial charge in [-0.15, -0.1) is 0 Å². The summed E-state index contributed by atoms with van der Waals surface area (Å²) in [6.45, 7) is 4.58. The van der Waals surface area contributed by atoms with E-state index >= 15 is 0 Å². The van der Waals surface area contributed by atoms with Crippen molar-refractivity contribution < 1.29 is 9.53 Å². The Balaban J connectivity index is 1.80. The van der Waals surface area contributed by atoms with E-state index in [2.05, 4.69) is 43.4 Å². The molecule has 1 fully saturated rings. The third-order valence-electron chi connectivity index (χ3n) is 4.31. The average Bonchev–Trinajstić information content (AvgIpc) is 3.40. The highest BCUT2D eigenvalue weighted by Crippen LogP contribution is 2.41. The molecule has 2 aromatic rings. The second-order valence-electron chi connectivity index (χ2n) is 6.37. The first-order valence-electron chi connectivity index (χ1n) is 8.24. The van der Waals surface area contributed by atoms with Crippen molar-refractivity contribution in [1.29, 1.82) is 0 Å². The molecular weight excluding hydrogens is 318 g/mol. The molecule has 0 aromatic heterocycles. The van der Waals surface area contributed by atoms with E-state index in [4.69, 9.17) is 4.74 Å². The molecule has 1 aliphatic carbocycles. The first-order valence-corrected chi connectivity index (χ1v) is 9.47. The van der Waals surface area contributed by atoms with E-state index in [9.17, 15) is 4.79 Å². The normalized spacial score (nSPS) is 13.6. The molecule has 1 saturated carbocycles. The van der Waals surface area contributed by atoms with Crippen molar-refractivity contribution in [1.82, 2.24) is 0 Å². The number of rotatable bonds is 5. The number of hydrogen-bond donors (Lipinski definition) is 1. The number of hydrogen-bond acceptors (Lipinski definition) is 3. The van der Waals surface area contributed by atoms with E-state index in [0.29, 0.717) is 12.5 Å². The van der Waals surface area contributed by atoms with Crippen LogP contribution in [0.5, 0.6) is 5.75 Å². The molecule has 126 valence electrons. The Morgan fingerprint density at radius 3 is 2.67 bits per heavy atom. The van der Waals surface area contributed by atoms with E-state index in [1.165, 1.54) is 35.7 Å². The highest BCUT2D eigenvalue weighted by atomic mass is 32.2. The van der Waals surface area contributed by atoms with Crippen LogP contribution in [0.4, 0.5) is 10.5 Å². The maximum atomic E-state index is 11.7. The van der Waals surface area contributed by atoms with Crippen LogP contribution < -0.4 is 10.1 Å². The van der Waals surface area contributed by atoms with E-state index in [1.807, 2.05) is 12.1 Å². The summed E-state index contributed by atoms with van der Waals surface area (Å²) < 4.78 is 6.03. The second kappa shape index (κ2) is 7.31. The van der Waals surface area contributed by atoms with Gasteiger partial charge >= 0.3 is 0 Å². The molecule has 4 heteroatoms. The first kappa shape index (κ1) is 16.9. The minimum Gasteiger partial charge on any atom is -0.489 e. The second-order valence-corrected chi connectivity index (χ2v) is 7.14. The number of ether oxygens (including phenoxy) is 1. The molecule has 0 radical (unpaired) electrons. The lowest BCUT2D eigenvalue weighted by Crippen LogP contribution is -2.09. The maximum Gasteiger partial charge on any atom is 0.283 e. The Hall–Kier alpha value is -1.94. The summed E-state index contributed by atoms with van der Waals surface area (Å²) in [6, 6.07) is 12.5. The van der Waals surface area contributed by atoms with Crippen LogP contribution in [0.3, 0.4) is 0 Å². The van der Waals surface area contributed by atoms with Crippen molar-refractivity contribution in [2.75, 3.05) is 11.6 Å². The highest BCUT2D eigenvalue weighted by molar-refractivity contribution is 8.13. The number of aryl methyl sites for hydroxylation is 2. The fraction of sp³-hybridized carbons (Fsp3) is 0.350. The molecule has 3 rings (SSSR count). The largest absolute Gasteiger partial charge is 0.489 e. The third kappa shape index (κ3) is 4.12. The predicted molar refractivity (Wildman–Crippen MR) is 101 cm³/mol. The number of thioether (sulfide) groups is 1. The van der Waals surface area contributed by atoms with Gasteiger partial charge in [-0.1, -0.05) is 41.6 Å². The zero-order valence-corrected chi connectivity index (χ0v) is 15.2. The van der Waals surface area contributed by atoms with Gasteiger partial charge in [0.25, 0.3) is 5.24 Å². The van der Waals surface area contributed by atoms with Crippen molar-refractivity contribution in [2.45, 2.75) is 39.2 Å². The van der Waals surface area contributed by atoms with Crippen LogP contribution in [0, 0.1) is 13.8 Å². The molecular formula is C20H23NO2S. The van der Waals surface area contributed by atoms with Gasteiger partial charge in [0, 0.05) is 11.3 Å². The van der Waals surface area contributed by atoms with E-state index in [1.54, 1.807) is 6.26 Å². The maximum absolute atomic E-state index is 11.7. The molecule has 0 spiro atoms. The van der Waals surface area contributed by atoms with Crippen molar-refractivity contribution in [2.24, 2.45) is 0 Å². The number of anilines is 1. The van der Waals surface area contributed by atoms with Crippen LogP contribution in [0.2, 0.25) is 0 Å². The molecule has 2 aromatic carbocycles. The quantitative estimate of drug-likeness (QED) is 0.763. The van der Waals surface area contributed by atoms with Gasteiger partial charge in [0.05, 0.1) is 0 Å². The van der Waals surface area contributed by atoms with Gasteiger partial charge in [-0.3, -0.25) is 4.79 Å². The number of amides is 1. The molecule has 0 heterocycles. The molecule has 0 bridgehead atoms. The summed E-state index contributed by atoms with van der Waals surface area (Å²) in [5.74, 6) is 1.56. The molecule has 3 nitrogen and oxygen atoms in total. The first-order chi connectivity index (χ1) is 11.6. The number of carbonyl (C=O) groups excluding carboxylic acids is 1. The molecule has 24 heavy (non-hydrogen) atoms. The molecule has 0 saturated heterocycles. The summed E-state index contributed by atoms with van der Waals surface area (Å²) in [4.78, 5) is 11.7. The molecule has 0 aliphatic heterocycles. The number of benzene rings is 2. The fourth-order valence-electron chi connectivity index (χ4n) is 2.80. The Bertz CT molecular complexity index is 753. The smallest absolute Gasteiger partial charge is 0.283 e. The standard InChI is InChI=1S/C20H23NO2S/c1-13-4-9-19(14(2)10-13)23-12-17-11-16(15-5-6-15)7-8-18(17)21-20(22)24-3/h4,7-11,15H,5-6,12H2,1-3H3,(H,21,22). The minimum absolute atomic E-state index is 0.0538. The molecule has 0 atom stereocenters. The van der Waals surface area contributed by atoms with Gasteiger partial charge in [-0.25, -0.2) is 0 Å². The lowest BCUT2D eigenvalue weighted by Gasteiger charge is -2.15. The van der Waals surface area contributed by atoms with Crippen LogP contribution >= 0.6 is 11.8 Å². The van der Waals surface area contributed by atoms with Crippen LogP contribution in [-0.2, 0) is 6.61 Å². The Morgan fingerprint density at radius 2 is 2.00 bits per heavy atom. The summed E-state index contributed by atoms with van der Waals surface area (Å²) in [7, 11) is 0. The third-order valence-corrected chi connectivity index (χ3v) is 4.79. The summed E-state index contributed by atoms with van der Waals surface area (Å²) >= 11 is 1.18. The van der Waals surface area contributed by atoms with Gasteiger partial charge in [0.15, 0.2) is 0 Å². The number of nitrogens with one attached hydrogen (secondary N) is 1. The Morgan fingerprint density at radius 1 is 1.21 bits per heavy atom. The van der Waals surface area contributed by atoms with E-state index in [-0.39, 0.29) is 5.24 Å². The van der Waals surface area contributed by atoms with Gasteiger partial charge in [0.1, 0.15) is 12.4 Å². The zero-order chi connectivity index (χ0) is 17.1. The number of carbonyl (C=O) groups is 1. The van der Waals surface area contributed by atoms with Gasteiger partial charge in [-0.2, -0.15) is 0 Å². The monoisotopic (exact) mass is 341 g/mol. The van der Waals surface area contributed by atoms with Gasteiger partial charge < -0.3 is 10.1 Å². The Labute approximate surface area is 147 Å². The van der Waals surface area contributed by atoms with Crippen molar-refractivity contribution in [3.05, 3.63) is 58.7 Å². The topological polar surface area (TPSA) is 38.3 Å². The van der Waals surface area contributed by atoms with Crippen LogP contribution in [0.25, 0.3) is 0 Å². The SMILES string of the molecule is CSC(=O)Nc1ccc(C2CC2)cc1COc1ccc(C)cc1C. The summed E-state index contributed by atoms with van der Waals surface area (Å²) in [5.41, 5.74) is 5.56. The minimum atomic E-state index is -0.0538. The van der Waals surface area contributed by atoms with Crippen LogP contribution in [0.1, 0.15) is 41.0 Å². The van der Waals surface area contributed by atoms with Gasteiger partial charge in [-0.05, 0) is 62.1 Å². The molecule has 1 amide bonds. The van der Waals surface area contributed by atoms with Crippen LogP contribution in [-0.4, -0.2) is 11.5 Å². The predicted octanol–water partition coefficient (Wildman–Crippen LogP) is 5.65. The average molecular weight is 341 g/mol. The van der Waals surface area contributed by atoms with Crippen molar-refractivity contribution in [3.63, 3.8) is 0 Å². The zero-order valence-electron chi connectivity index (χ0n) is 14.4. The van der Waals surface area contributed by atoms with Crippen molar-refractivity contribution in [3.8, 4) is 5.75 Å². The van der Waals surface area contributed by atoms with Crippen LogP contribution in [0.15, 0.2) is 36.4 Å². The van der Waals surface area contributed by atoms with E-state index in [0.717, 1.165) is 22.6 Å². The highest BCUT2D eigenvalue weighted by Gasteiger charge is 2.24. The van der Waals surface area contributed by atoms with Gasteiger partial charge in [0.2, 0.25) is 0 Å². The summed E-state index contributed by atoms with van der Waals surface area (Å²) in [5, 5.41) is 2.90. The Kier molecular flexibility index (Phi) is 5.14. The lowest BCUT2D eigenvalue weighted by molar-refractivity contribution is 0.269. The van der Waals surface area contributed by atoms with Crippen molar-refractivity contribution >= 4 is 22.7 Å². The lowest BCUT2D eigenvalue weighted by atomic mass is 10.1. The molecule has 1 aliphatic rings. The molecule has 0 unspecified atom stereocenters. The van der Waals surface area contributed by atoms with E-state index < -0.39 is 0 Å². The molecule has 1 N–H and O–H groups in total. The summed E-state index contributed by atoms with van der Waals surface area (Å²) in [6.07, 6.45) is 4.29. The fourth-order valence-corrected chi connectivity index (χ4v) is 3.02.